The number of hydrogen-bond acceptors (Lipinski definition) is 2. The lowest BCUT2D eigenvalue weighted by Gasteiger charge is -2.37. The number of hydrogen-bond donors (Lipinski definition) is 1. The number of benzene rings is 2. The minimum atomic E-state index is -0.973. The van der Waals surface area contributed by atoms with Crippen LogP contribution in [0.2, 0.25) is 0 Å². The first kappa shape index (κ1) is 18.7. The van der Waals surface area contributed by atoms with Crippen LogP contribution in [0.15, 0.2) is 60.7 Å². The Labute approximate surface area is 166 Å². The van der Waals surface area contributed by atoms with E-state index in [9.17, 15) is 5.11 Å². The Morgan fingerprint density at radius 2 is 1.64 bits per heavy atom. The third kappa shape index (κ3) is 3.10. The van der Waals surface area contributed by atoms with E-state index < -0.39 is 11.2 Å². The summed E-state index contributed by atoms with van der Waals surface area (Å²) < 4.78 is 8.30. The van der Waals surface area contributed by atoms with E-state index in [1.54, 1.807) is 21.3 Å². The smallest absolute Gasteiger partial charge is 0.414 e. The number of para-hydroxylation sites is 2. The zero-order valence-electron chi connectivity index (χ0n) is 16.7. The first-order valence-electron chi connectivity index (χ1n) is 9.52. The van der Waals surface area contributed by atoms with Crippen LogP contribution in [0, 0.1) is 6.08 Å². The van der Waals surface area contributed by atoms with Crippen LogP contribution < -0.4 is 10.6 Å². The highest BCUT2D eigenvalue weighted by Gasteiger charge is 2.37. The van der Waals surface area contributed by atoms with Crippen LogP contribution in [0.1, 0.15) is 27.7 Å². The van der Waals surface area contributed by atoms with Gasteiger partial charge in [-0.1, -0.05) is 30.3 Å². The molecule has 2 aromatic carbocycles. The lowest BCUT2D eigenvalue weighted by molar-refractivity contribution is -0.0892. The maximum Gasteiger partial charge on any atom is 0.426 e. The quantitative estimate of drug-likeness (QED) is 0.554. The van der Waals surface area contributed by atoms with Crippen LogP contribution in [0.5, 0.6) is 0 Å². The van der Waals surface area contributed by atoms with Crippen molar-refractivity contribution in [3.63, 3.8) is 0 Å². The molecule has 1 heterocycles. The summed E-state index contributed by atoms with van der Waals surface area (Å²) in [5.41, 5.74) is 1.49. The van der Waals surface area contributed by atoms with Crippen LogP contribution in [-0.2, 0) is 4.65 Å². The van der Waals surface area contributed by atoms with Crippen molar-refractivity contribution in [1.29, 1.82) is 0 Å². The molecule has 3 aromatic rings. The summed E-state index contributed by atoms with van der Waals surface area (Å²) in [6, 6.07) is 18.7. The Morgan fingerprint density at radius 3 is 2.36 bits per heavy atom. The lowest BCUT2D eigenvalue weighted by atomic mass is 9.80. The highest BCUT2D eigenvalue weighted by molar-refractivity contribution is 6.54. The number of aromatic nitrogens is 1. The monoisotopic (exact) mass is 369 g/mol. The zero-order valence-corrected chi connectivity index (χ0v) is 16.7. The molecule has 4 rings (SSSR count). The second kappa shape index (κ2) is 6.75. The van der Waals surface area contributed by atoms with Crippen LogP contribution in [0.3, 0.4) is 0 Å². The molecule has 139 valence electrons. The average Bonchev–Trinajstić information content (AvgIpc) is 3.01. The van der Waals surface area contributed by atoms with Gasteiger partial charge in [-0.25, -0.2) is 0 Å². The van der Waals surface area contributed by atoms with E-state index in [4.69, 9.17) is 4.65 Å². The molecule has 0 saturated heterocycles. The summed E-state index contributed by atoms with van der Waals surface area (Å²) in [5, 5.41) is 13.8. The van der Waals surface area contributed by atoms with E-state index in [0.29, 0.717) is 0 Å². The van der Waals surface area contributed by atoms with E-state index in [2.05, 4.69) is 47.0 Å². The molecule has 0 amide bonds. The van der Waals surface area contributed by atoms with E-state index in [1.165, 1.54) is 0 Å². The predicted molar refractivity (Wildman–Crippen MR) is 115 cm³/mol. The Bertz CT molecular complexity index is 1170. The standard InChI is InChI=1S/C24H24BNO2/c1-23(2,27)24(3,4)28-25-19-14-10-16-21-22(19)18-13-8-9-15-20(18)26(21)17-11-6-5-7-12-17/h5-9,11-16,27H,1-4H3/q+1. The van der Waals surface area contributed by atoms with Gasteiger partial charge in [-0.3, -0.25) is 4.57 Å². The molecule has 4 heteroatoms. The van der Waals surface area contributed by atoms with Gasteiger partial charge in [-0.05, 0) is 52.0 Å². The molecular formula is C24H24BNO2+. The molecule has 1 aliphatic rings. The van der Waals surface area contributed by atoms with Crippen LogP contribution in [-0.4, -0.2) is 28.4 Å². The highest BCUT2D eigenvalue weighted by Crippen LogP contribution is 2.25. The molecular weight excluding hydrogens is 345 g/mol. The first-order chi connectivity index (χ1) is 13.3. The van der Waals surface area contributed by atoms with E-state index >= 15 is 0 Å². The largest absolute Gasteiger partial charge is 0.426 e. The van der Waals surface area contributed by atoms with Gasteiger partial charge in [0.15, 0.2) is 5.35 Å². The molecule has 1 N–H and O–H groups in total. The van der Waals surface area contributed by atoms with Crippen molar-refractivity contribution in [2.45, 2.75) is 38.9 Å². The highest BCUT2D eigenvalue weighted by atomic mass is 16.5. The molecule has 0 unspecified atom stereocenters. The Kier molecular flexibility index (Phi) is 4.51. The van der Waals surface area contributed by atoms with Crippen LogP contribution >= 0.6 is 0 Å². The first-order valence-corrected chi connectivity index (χ1v) is 9.52. The van der Waals surface area contributed by atoms with Crippen molar-refractivity contribution in [2.24, 2.45) is 0 Å². The van der Waals surface area contributed by atoms with Crippen molar-refractivity contribution in [1.82, 2.24) is 4.57 Å². The number of allylic oxidation sites excluding steroid dienone is 2. The number of rotatable bonds is 5. The number of nitrogens with zero attached hydrogens (tertiary/aromatic N) is 1. The van der Waals surface area contributed by atoms with Crippen molar-refractivity contribution >= 4 is 29.9 Å². The molecule has 0 fully saturated rings. The number of aliphatic hydroxyl groups is 1. The van der Waals surface area contributed by atoms with Crippen molar-refractivity contribution in [3.05, 3.63) is 77.3 Å². The third-order valence-electron chi connectivity index (χ3n) is 5.63. The van der Waals surface area contributed by atoms with Crippen molar-refractivity contribution in [2.75, 3.05) is 0 Å². The Morgan fingerprint density at radius 1 is 0.964 bits per heavy atom. The summed E-state index contributed by atoms with van der Waals surface area (Å²) in [6.07, 6.45) is 7.21. The van der Waals surface area contributed by atoms with Gasteiger partial charge in [0, 0.05) is 11.5 Å². The summed E-state index contributed by atoms with van der Waals surface area (Å²) >= 11 is 0. The zero-order chi connectivity index (χ0) is 19.9. The normalized spacial score (nSPS) is 13.8. The van der Waals surface area contributed by atoms with Crippen molar-refractivity contribution in [3.8, 4) is 5.69 Å². The lowest BCUT2D eigenvalue weighted by Crippen LogP contribution is -2.48. The molecule has 1 radical (unpaired) electrons. The van der Waals surface area contributed by atoms with Gasteiger partial charge >= 0.3 is 7.48 Å². The number of fused-ring (bicyclic) bond motifs is 3. The van der Waals surface area contributed by atoms with Gasteiger partial charge < -0.3 is 9.76 Å². The van der Waals surface area contributed by atoms with E-state index in [0.717, 1.165) is 32.6 Å². The van der Waals surface area contributed by atoms with Gasteiger partial charge in [0.2, 0.25) is 0 Å². The molecule has 3 nitrogen and oxygen atoms in total. The maximum absolute atomic E-state index is 10.4. The average molecular weight is 369 g/mol. The molecule has 28 heavy (non-hydrogen) atoms. The Balaban J connectivity index is 1.92. The van der Waals surface area contributed by atoms with Gasteiger partial charge in [0.05, 0.1) is 34.0 Å². The van der Waals surface area contributed by atoms with E-state index in [1.807, 2.05) is 44.2 Å². The van der Waals surface area contributed by atoms with Gasteiger partial charge in [0.1, 0.15) is 11.3 Å². The molecule has 0 saturated carbocycles. The topological polar surface area (TPSA) is 34.4 Å². The van der Waals surface area contributed by atoms with Gasteiger partial charge in [-0.15, -0.1) is 0 Å². The van der Waals surface area contributed by atoms with Crippen LogP contribution in [0.25, 0.3) is 28.1 Å². The minimum Gasteiger partial charge on any atom is -0.414 e. The summed E-state index contributed by atoms with van der Waals surface area (Å²) in [5.74, 6) is 0. The fourth-order valence-electron chi connectivity index (χ4n) is 3.29. The molecule has 0 atom stereocenters. The molecule has 1 aliphatic carbocycles. The van der Waals surface area contributed by atoms with Crippen molar-refractivity contribution < 1.29 is 9.76 Å². The molecule has 0 spiro atoms. The van der Waals surface area contributed by atoms with Gasteiger partial charge in [0.25, 0.3) is 0 Å². The second-order valence-corrected chi connectivity index (χ2v) is 8.16. The molecule has 0 bridgehead atoms. The fourth-order valence-corrected chi connectivity index (χ4v) is 3.29. The fraction of sp³-hybridized carbons (Fsp3) is 0.250. The van der Waals surface area contributed by atoms with Gasteiger partial charge in [-0.2, -0.15) is 0 Å². The Hall–Kier alpha value is -2.65. The summed E-state index contributed by atoms with van der Waals surface area (Å²) in [7, 11) is 1.75. The molecule has 1 aromatic heterocycles. The van der Waals surface area contributed by atoms with Crippen LogP contribution in [0.4, 0.5) is 0 Å². The summed E-state index contributed by atoms with van der Waals surface area (Å²) in [4.78, 5) is 0. The minimum absolute atomic E-state index is 0.729. The predicted octanol–water partition coefficient (Wildman–Crippen LogP) is 3.08. The second-order valence-electron chi connectivity index (χ2n) is 8.16. The summed E-state index contributed by atoms with van der Waals surface area (Å²) in [6.45, 7) is 7.30. The SMILES string of the molecule is CC(C)(O)C(C)(C)O[B]C1=c2c(n(-c3ccccc3)c3ccccc23)=C[C+]=C1. The van der Waals surface area contributed by atoms with E-state index in [-0.39, 0.29) is 0 Å². The third-order valence-corrected chi connectivity index (χ3v) is 5.63. The molecule has 0 aliphatic heterocycles. The maximum atomic E-state index is 10.4.